The smallest absolute Gasteiger partial charge is 0.218 e. The predicted molar refractivity (Wildman–Crippen MR) is 86.4 cm³/mol. The number of aromatic nitrogens is 3. The van der Waals surface area contributed by atoms with E-state index in [0.29, 0.717) is 18.4 Å². The molecule has 1 saturated heterocycles. The van der Waals surface area contributed by atoms with Gasteiger partial charge in [-0.15, -0.1) is 0 Å². The first-order valence-electron chi connectivity index (χ1n) is 7.88. The predicted octanol–water partition coefficient (Wildman–Crippen LogP) is 2.96. The van der Waals surface area contributed by atoms with Crippen molar-refractivity contribution >= 4 is 5.82 Å². The number of hydrogen-bond acceptors (Lipinski definition) is 5. The Morgan fingerprint density at radius 2 is 2.00 bits per heavy atom. The molecule has 0 N–H and O–H groups in total. The van der Waals surface area contributed by atoms with Gasteiger partial charge in [0.05, 0.1) is 6.61 Å². The molecule has 1 aliphatic rings. The van der Waals surface area contributed by atoms with Crippen LogP contribution in [0, 0.1) is 6.92 Å². The number of hydrogen-bond donors (Lipinski definition) is 0. The zero-order valence-corrected chi connectivity index (χ0v) is 13.2. The minimum absolute atomic E-state index is 0.595. The van der Waals surface area contributed by atoms with Crippen molar-refractivity contribution in [3.8, 4) is 5.88 Å². The van der Waals surface area contributed by atoms with Crippen molar-refractivity contribution < 1.29 is 4.74 Å². The average Bonchev–Trinajstić information content (AvgIpc) is 2.56. The SMILES string of the molecule is CCOc1cc(N2CCC(c3ccc(C)nc3)CC2)ncn1. The van der Waals surface area contributed by atoms with Gasteiger partial charge < -0.3 is 9.64 Å². The summed E-state index contributed by atoms with van der Waals surface area (Å²) in [5.41, 5.74) is 2.42. The number of anilines is 1. The van der Waals surface area contributed by atoms with Gasteiger partial charge in [0.1, 0.15) is 12.1 Å². The number of pyridine rings is 1. The molecule has 1 aliphatic heterocycles. The topological polar surface area (TPSA) is 51.1 Å². The quantitative estimate of drug-likeness (QED) is 0.868. The number of ether oxygens (including phenoxy) is 1. The molecule has 22 heavy (non-hydrogen) atoms. The van der Waals surface area contributed by atoms with E-state index in [1.54, 1.807) is 6.33 Å². The number of rotatable bonds is 4. The van der Waals surface area contributed by atoms with Gasteiger partial charge in [0.2, 0.25) is 5.88 Å². The number of aryl methyl sites for hydroxylation is 1. The third-order valence-corrected chi connectivity index (χ3v) is 4.14. The van der Waals surface area contributed by atoms with Crippen LogP contribution in [-0.4, -0.2) is 34.6 Å². The van der Waals surface area contributed by atoms with E-state index in [9.17, 15) is 0 Å². The summed E-state index contributed by atoms with van der Waals surface area (Å²) in [6, 6.07) is 6.23. The molecule has 5 nitrogen and oxygen atoms in total. The Labute approximate surface area is 131 Å². The van der Waals surface area contributed by atoms with Crippen molar-refractivity contribution in [2.75, 3.05) is 24.6 Å². The van der Waals surface area contributed by atoms with Crippen molar-refractivity contribution in [3.63, 3.8) is 0 Å². The first-order chi connectivity index (χ1) is 10.8. The first-order valence-corrected chi connectivity index (χ1v) is 7.88. The summed E-state index contributed by atoms with van der Waals surface area (Å²) >= 11 is 0. The summed E-state index contributed by atoms with van der Waals surface area (Å²) in [5, 5.41) is 0. The van der Waals surface area contributed by atoms with Crippen LogP contribution in [0.2, 0.25) is 0 Å². The zero-order chi connectivity index (χ0) is 15.4. The summed E-state index contributed by atoms with van der Waals surface area (Å²) in [7, 11) is 0. The second-order valence-electron chi connectivity index (χ2n) is 5.64. The largest absolute Gasteiger partial charge is 0.478 e. The lowest BCUT2D eigenvalue weighted by atomic mass is 9.90. The van der Waals surface area contributed by atoms with Crippen LogP contribution in [0.15, 0.2) is 30.7 Å². The maximum atomic E-state index is 5.45. The van der Waals surface area contributed by atoms with Gasteiger partial charge in [-0.2, -0.15) is 0 Å². The van der Waals surface area contributed by atoms with Crippen LogP contribution in [0.25, 0.3) is 0 Å². The van der Waals surface area contributed by atoms with Crippen LogP contribution in [0.3, 0.4) is 0 Å². The molecule has 1 fully saturated rings. The van der Waals surface area contributed by atoms with E-state index in [0.717, 1.165) is 37.4 Å². The fraction of sp³-hybridized carbons (Fsp3) is 0.471. The van der Waals surface area contributed by atoms with Crippen LogP contribution in [-0.2, 0) is 0 Å². The van der Waals surface area contributed by atoms with Crippen LogP contribution < -0.4 is 9.64 Å². The third-order valence-electron chi connectivity index (χ3n) is 4.14. The normalized spacial score (nSPS) is 15.8. The molecule has 5 heteroatoms. The molecular formula is C17H22N4O. The van der Waals surface area contributed by atoms with Gasteiger partial charge in [0, 0.05) is 31.0 Å². The maximum absolute atomic E-state index is 5.45. The fourth-order valence-corrected chi connectivity index (χ4v) is 2.89. The highest BCUT2D eigenvalue weighted by atomic mass is 16.5. The molecule has 0 atom stereocenters. The van der Waals surface area contributed by atoms with Crippen LogP contribution in [0.4, 0.5) is 5.82 Å². The maximum Gasteiger partial charge on any atom is 0.218 e. The Morgan fingerprint density at radius 3 is 2.68 bits per heavy atom. The van der Waals surface area contributed by atoms with E-state index in [1.165, 1.54) is 5.56 Å². The van der Waals surface area contributed by atoms with Crippen molar-refractivity contribution in [1.29, 1.82) is 0 Å². The van der Waals surface area contributed by atoms with E-state index in [4.69, 9.17) is 4.74 Å². The van der Waals surface area contributed by atoms with E-state index in [-0.39, 0.29) is 0 Å². The minimum atomic E-state index is 0.595. The molecule has 116 valence electrons. The molecule has 2 aromatic rings. The Morgan fingerprint density at radius 1 is 1.18 bits per heavy atom. The molecule has 0 aliphatic carbocycles. The third kappa shape index (κ3) is 3.35. The molecule has 0 unspecified atom stereocenters. The summed E-state index contributed by atoms with van der Waals surface area (Å²) in [4.78, 5) is 15.2. The van der Waals surface area contributed by atoms with Gasteiger partial charge in [-0.25, -0.2) is 9.97 Å². The van der Waals surface area contributed by atoms with E-state index in [1.807, 2.05) is 26.1 Å². The highest BCUT2D eigenvalue weighted by Gasteiger charge is 2.22. The fourth-order valence-electron chi connectivity index (χ4n) is 2.89. The Hall–Kier alpha value is -2.17. The standard InChI is InChI=1S/C17H22N4O/c1-3-22-17-10-16(19-12-20-17)21-8-6-14(7-9-21)15-5-4-13(2)18-11-15/h4-5,10-12,14H,3,6-9H2,1-2H3. The number of nitrogens with zero attached hydrogens (tertiary/aromatic N) is 4. The second-order valence-corrected chi connectivity index (χ2v) is 5.64. The Bertz CT molecular complexity index is 606. The van der Waals surface area contributed by atoms with Crippen molar-refractivity contribution in [1.82, 2.24) is 15.0 Å². The Balaban J connectivity index is 1.64. The Kier molecular flexibility index (Phi) is 4.51. The molecule has 0 saturated carbocycles. The molecule has 3 rings (SSSR count). The van der Waals surface area contributed by atoms with Crippen LogP contribution in [0.5, 0.6) is 5.88 Å². The van der Waals surface area contributed by atoms with E-state index in [2.05, 4.69) is 32.0 Å². The van der Waals surface area contributed by atoms with Crippen LogP contribution >= 0.6 is 0 Å². The molecule has 2 aromatic heterocycles. The van der Waals surface area contributed by atoms with Crippen molar-refractivity contribution in [3.05, 3.63) is 42.0 Å². The summed E-state index contributed by atoms with van der Waals surface area (Å²) in [6.45, 7) is 6.61. The monoisotopic (exact) mass is 298 g/mol. The molecule has 0 spiro atoms. The molecule has 0 bridgehead atoms. The molecule has 0 amide bonds. The summed E-state index contributed by atoms with van der Waals surface area (Å²) in [6.07, 6.45) is 5.85. The minimum Gasteiger partial charge on any atom is -0.478 e. The molecule has 0 radical (unpaired) electrons. The lowest BCUT2D eigenvalue weighted by Crippen LogP contribution is -2.33. The first kappa shape index (κ1) is 14.8. The lowest BCUT2D eigenvalue weighted by molar-refractivity contribution is 0.326. The van der Waals surface area contributed by atoms with E-state index < -0.39 is 0 Å². The zero-order valence-electron chi connectivity index (χ0n) is 13.2. The van der Waals surface area contributed by atoms with Gasteiger partial charge in [-0.05, 0) is 44.2 Å². The van der Waals surface area contributed by atoms with Gasteiger partial charge in [-0.3, -0.25) is 4.98 Å². The molecule has 3 heterocycles. The van der Waals surface area contributed by atoms with Gasteiger partial charge in [0.25, 0.3) is 0 Å². The number of piperidine rings is 1. The van der Waals surface area contributed by atoms with E-state index >= 15 is 0 Å². The summed E-state index contributed by atoms with van der Waals surface area (Å²) in [5.74, 6) is 2.20. The van der Waals surface area contributed by atoms with Gasteiger partial charge in [0.15, 0.2) is 0 Å². The molecular weight excluding hydrogens is 276 g/mol. The van der Waals surface area contributed by atoms with Crippen molar-refractivity contribution in [2.45, 2.75) is 32.6 Å². The average molecular weight is 298 g/mol. The van der Waals surface area contributed by atoms with Gasteiger partial charge in [-0.1, -0.05) is 6.07 Å². The molecule has 0 aromatic carbocycles. The van der Waals surface area contributed by atoms with Crippen molar-refractivity contribution in [2.24, 2.45) is 0 Å². The summed E-state index contributed by atoms with van der Waals surface area (Å²) < 4.78 is 5.45. The van der Waals surface area contributed by atoms with Crippen LogP contribution in [0.1, 0.15) is 36.9 Å². The second kappa shape index (κ2) is 6.73. The lowest BCUT2D eigenvalue weighted by Gasteiger charge is -2.32. The van der Waals surface area contributed by atoms with Gasteiger partial charge >= 0.3 is 0 Å². The highest BCUT2D eigenvalue weighted by Crippen LogP contribution is 2.30. The highest BCUT2D eigenvalue weighted by molar-refractivity contribution is 5.41.